The van der Waals surface area contributed by atoms with Crippen molar-refractivity contribution in [3.8, 4) is 5.75 Å². The minimum Gasteiger partial charge on any atom is -0.485 e. The van der Waals surface area contributed by atoms with Crippen molar-refractivity contribution >= 4 is 28.6 Å². The van der Waals surface area contributed by atoms with Gasteiger partial charge < -0.3 is 14.4 Å². The molecule has 19 heavy (non-hydrogen) atoms. The number of aryl methyl sites for hydroxylation is 1. The van der Waals surface area contributed by atoms with Crippen molar-refractivity contribution < 1.29 is 19.2 Å². The average molecular weight is 374 g/mol. The van der Waals surface area contributed by atoms with Crippen LogP contribution in [0.1, 0.15) is 29.0 Å². The number of carboxylic acids is 1. The second-order valence-electron chi connectivity index (χ2n) is 3.69. The van der Waals surface area contributed by atoms with Crippen LogP contribution in [0.2, 0.25) is 0 Å². The van der Waals surface area contributed by atoms with Gasteiger partial charge in [-0.2, -0.15) is 4.98 Å². The summed E-state index contributed by atoms with van der Waals surface area (Å²) in [4.78, 5) is 15.2. The molecule has 0 aliphatic rings. The Bertz CT molecular complexity index is 597. The Hall–Kier alpha value is -1.64. The van der Waals surface area contributed by atoms with E-state index in [1.165, 1.54) is 0 Å². The summed E-state index contributed by atoms with van der Waals surface area (Å²) in [6.07, 6.45) is 0.650. The Morgan fingerprint density at radius 1 is 1.53 bits per heavy atom. The first kappa shape index (κ1) is 13.8. The van der Waals surface area contributed by atoms with Crippen molar-refractivity contribution in [3.05, 3.63) is 39.0 Å². The van der Waals surface area contributed by atoms with Crippen molar-refractivity contribution in [2.45, 2.75) is 20.0 Å². The number of aromatic carboxylic acids is 1. The van der Waals surface area contributed by atoms with Crippen molar-refractivity contribution in [3.63, 3.8) is 0 Å². The second-order valence-corrected chi connectivity index (χ2v) is 4.94. The number of benzene rings is 1. The van der Waals surface area contributed by atoms with Gasteiger partial charge >= 0.3 is 5.97 Å². The minimum atomic E-state index is -1.03. The summed E-state index contributed by atoms with van der Waals surface area (Å²) in [6, 6.07) is 4.94. The molecule has 100 valence electrons. The molecule has 0 saturated heterocycles. The van der Waals surface area contributed by atoms with E-state index in [4.69, 9.17) is 14.4 Å². The molecule has 0 atom stereocenters. The highest BCUT2D eigenvalue weighted by molar-refractivity contribution is 14.1. The maximum Gasteiger partial charge on any atom is 0.339 e. The number of halogens is 1. The third kappa shape index (κ3) is 3.43. The maximum atomic E-state index is 11.1. The molecule has 0 radical (unpaired) electrons. The maximum absolute atomic E-state index is 11.1. The van der Waals surface area contributed by atoms with Crippen LogP contribution in [0, 0.1) is 3.57 Å². The normalized spacial score (nSPS) is 10.4. The van der Waals surface area contributed by atoms with Crippen LogP contribution in [0.15, 0.2) is 22.7 Å². The zero-order chi connectivity index (χ0) is 13.8. The third-order valence-corrected chi connectivity index (χ3v) is 3.01. The summed E-state index contributed by atoms with van der Waals surface area (Å²) < 4.78 is 11.2. The molecule has 7 heteroatoms. The Morgan fingerprint density at radius 2 is 2.32 bits per heavy atom. The van der Waals surface area contributed by atoms with Crippen molar-refractivity contribution in [2.24, 2.45) is 0 Å². The summed E-state index contributed by atoms with van der Waals surface area (Å²) in [7, 11) is 0. The zero-order valence-corrected chi connectivity index (χ0v) is 12.2. The molecule has 1 aromatic carbocycles. The minimum absolute atomic E-state index is 0.0738. The largest absolute Gasteiger partial charge is 0.485 e. The molecule has 0 bridgehead atoms. The predicted molar refractivity (Wildman–Crippen MR) is 74.1 cm³/mol. The number of carboxylic acid groups (broad SMARTS) is 1. The lowest BCUT2D eigenvalue weighted by Crippen LogP contribution is -2.04. The highest BCUT2D eigenvalue weighted by atomic mass is 127. The van der Waals surface area contributed by atoms with Crippen LogP contribution in [0.4, 0.5) is 0 Å². The molecule has 0 fully saturated rings. The molecule has 0 aliphatic carbocycles. The summed E-state index contributed by atoms with van der Waals surface area (Å²) in [6.45, 7) is 1.98. The molecule has 0 unspecified atom stereocenters. The summed E-state index contributed by atoms with van der Waals surface area (Å²) >= 11 is 2.05. The van der Waals surface area contributed by atoms with E-state index in [-0.39, 0.29) is 17.9 Å². The van der Waals surface area contributed by atoms with Crippen LogP contribution < -0.4 is 4.74 Å². The van der Waals surface area contributed by atoms with E-state index < -0.39 is 5.97 Å². The fourth-order valence-electron chi connectivity index (χ4n) is 1.43. The summed E-state index contributed by atoms with van der Waals surface area (Å²) in [5.74, 6) is 0.179. The second kappa shape index (κ2) is 6.00. The van der Waals surface area contributed by atoms with Crippen LogP contribution in [0.25, 0.3) is 0 Å². The van der Waals surface area contributed by atoms with Crippen LogP contribution in [-0.4, -0.2) is 21.2 Å². The van der Waals surface area contributed by atoms with Gasteiger partial charge in [0.25, 0.3) is 0 Å². The topological polar surface area (TPSA) is 85.5 Å². The number of nitrogens with zero attached hydrogens (tertiary/aromatic N) is 2. The highest BCUT2D eigenvalue weighted by Crippen LogP contribution is 2.22. The van der Waals surface area contributed by atoms with Gasteiger partial charge in [0.15, 0.2) is 6.61 Å². The van der Waals surface area contributed by atoms with Gasteiger partial charge in [0.2, 0.25) is 11.7 Å². The first-order valence-electron chi connectivity index (χ1n) is 5.57. The quantitative estimate of drug-likeness (QED) is 0.810. The lowest BCUT2D eigenvalue weighted by atomic mass is 10.2. The lowest BCUT2D eigenvalue weighted by Gasteiger charge is -2.07. The molecule has 2 rings (SSSR count). The Balaban J connectivity index is 2.12. The smallest absolute Gasteiger partial charge is 0.339 e. The van der Waals surface area contributed by atoms with E-state index in [9.17, 15) is 4.79 Å². The van der Waals surface area contributed by atoms with E-state index >= 15 is 0 Å². The number of aromatic nitrogens is 2. The lowest BCUT2D eigenvalue weighted by molar-refractivity contribution is 0.0691. The number of hydrogen-bond acceptors (Lipinski definition) is 5. The van der Waals surface area contributed by atoms with E-state index in [0.717, 1.165) is 3.57 Å². The predicted octanol–water partition coefficient (Wildman–Crippen LogP) is 2.51. The molecule has 1 heterocycles. The fraction of sp³-hybridized carbons (Fsp3) is 0.250. The standard InChI is InChI=1S/C12H11IN2O4/c1-2-11-14-10(15-19-11)6-18-9-4-3-7(13)5-8(9)12(16)17/h3-5H,2,6H2,1H3,(H,16,17). The number of carbonyl (C=O) groups is 1. The van der Waals surface area contributed by atoms with E-state index in [2.05, 4.69) is 10.1 Å². The van der Waals surface area contributed by atoms with Crippen LogP contribution in [0.3, 0.4) is 0 Å². The van der Waals surface area contributed by atoms with Crippen molar-refractivity contribution in [1.29, 1.82) is 0 Å². The van der Waals surface area contributed by atoms with Crippen molar-refractivity contribution in [1.82, 2.24) is 10.1 Å². The van der Waals surface area contributed by atoms with Gasteiger partial charge in [-0.25, -0.2) is 4.79 Å². The van der Waals surface area contributed by atoms with Gasteiger partial charge in [0, 0.05) is 9.99 Å². The molecular formula is C12H11IN2O4. The third-order valence-electron chi connectivity index (χ3n) is 2.34. The van der Waals surface area contributed by atoms with E-state index in [0.29, 0.717) is 18.1 Å². The monoisotopic (exact) mass is 374 g/mol. The van der Waals surface area contributed by atoms with Gasteiger partial charge in [-0.05, 0) is 40.8 Å². The summed E-state index contributed by atoms with van der Waals surface area (Å²) in [5.41, 5.74) is 0.117. The van der Waals surface area contributed by atoms with E-state index in [1.54, 1.807) is 18.2 Å². The Morgan fingerprint density at radius 3 is 2.95 bits per heavy atom. The molecule has 0 saturated carbocycles. The molecule has 0 amide bonds. The van der Waals surface area contributed by atoms with Gasteiger partial charge in [-0.3, -0.25) is 0 Å². The fourth-order valence-corrected chi connectivity index (χ4v) is 1.92. The number of ether oxygens (including phenoxy) is 1. The number of hydrogen-bond donors (Lipinski definition) is 1. The van der Waals surface area contributed by atoms with Gasteiger partial charge in [-0.15, -0.1) is 0 Å². The average Bonchev–Trinajstić information content (AvgIpc) is 2.85. The molecule has 1 aromatic heterocycles. The van der Waals surface area contributed by atoms with E-state index in [1.807, 2.05) is 29.5 Å². The van der Waals surface area contributed by atoms with Gasteiger partial charge in [-0.1, -0.05) is 12.1 Å². The molecule has 0 spiro atoms. The van der Waals surface area contributed by atoms with Crippen LogP contribution >= 0.6 is 22.6 Å². The van der Waals surface area contributed by atoms with Gasteiger partial charge in [0.1, 0.15) is 11.3 Å². The SMILES string of the molecule is CCc1nc(COc2ccc(I)cc2C(=O)O)no1. The van der Waals surface area contributed by atoms with Crippen LogP contribution in [-0.2, 0) is 13.0 Å². The molecule has 0 aliphatic heterocycles. The molecule has 6 nitrogen and oxygen atoms in total. The first-order valence-corrected chi connectivity index (χ1v) is 6.65. The zero-order valence-electron chi connectivity index (χ0n) is 10.1. The molecule has 1 N–H and O–H groups in total. The van der Waals surface area contributed by atoms with Crippen LogP contribution in [0.5, 0.6) is 5.75 Å². The summed E-state index contributed by atoms with van der Waals surface area (Å²) in [5, 5.41) is 12.8. The molecular weight excluding hydrogens is 363 g/mol. The Labute approximate surface area is 122 Å². The number of rotatable bonds is 5. The Kier molecular flexibility index (Phi) is 4.35. The molecule has 2 aromatic rings. The van der Waals surface area contributed by atoms with Crippen molar-refractivity contribution in [2.75, 3.05) is 0 Å². The van der Waals surface area contributed by atoms with Gasteiger partial charge in [0.05, 0.1) is 0 Å². The first-order chi connectivity index (χ1) is 9.10. The highest BCUT2D eigenvalue weighted by Gasteiger charge is 2.13.